The van der Waals surface area contributed by atoms with E-state index in [1.54, 1.807) is 0 Å². The van der Waals surface area contributed by atoms with E-state index < -0.39 is 36.0 Å². The number of amides is 3. The molecular weight excluding hydrogens is 476 g/mol. The maximum Gasteiger partial charge on any atom is 0.408 e. The van der Waals surface area contributed by atoms with Crippen LogP contribution in [-0.4, -0.2) is 54.8 Å². The lowest BCUT2D eigenvalue weighted by Crippen LogP contribution is -2.55. The van der Waals surface area contributed by atoms with Gasteiger partial charge in [-0.05, 0) is 43.1 Å². The molecular formula is C26H42N6O5. The molecule has 37 heavy (non-hydrogen) atoms. The minimum absolute atomic E-state index is 0.0418. The smallest absolute Gasteiger partial charge is 0.408 e. The van der Waals surface area contributed by atoms with Crippen LogP contribution in [0.2, 0.25) is 0 Å². The number of hydrogen-bond donors (Lipinski definition) is 5. The summed E-state index contributed by atoms with van der Waals surface area (Å²) in [5.74, 6) is -0.843. The van der Waals surface area contributed by atoms with Crippen LogP contribution in [0.5, 0.6) is 0 Å². The molecule has 0 aromatic heterocycles. The summed E-state index contributed by atoms with van der Waals surface area (Å²) in [4.78, 5) is 53.9. The first-order chi connectivity index (χ1) is 17.5. The summed E-state index contributed by atoms with van der Waals surface area (Å²) in [6.07, 6.45) is 1.46. The van der Waals surface area contributed by atoms with Gasteiger partial charge in [-0.25, -0.2) is 4.79 Å². The number of nitrogens with two attached hydrogens (primary N) is 2. The number of hydrogen-bond acceptors (Lipinski definition) is 6. The number of benzene rings is 1. The Morgan fingerprint density at radius 1 is 0.919 bits per heavy atom. The molecule has 0 heterocycles. The average molecular weight is 519 g/mol. The van der Waals surface area contributed by atoms with Gasteiger partial charge in [0.1, 0.15) is 25.0 Å². The van der Waals surface area contributed by atoms with E-state index in [0.717, 1.165) is 5.56 Å². The zero-order chi connectivity index (χ0) is 27.8. The Balaban J connectivity index is 2.81. The third-order valence-corrected chi connectivity index (χ3v) is 5.33. The Morgan fingerprint density at radius 3 is 2.03 bits per heavy atom. The second-order valence-electron chi connectivity index (χ2n) is 9.78. The predicted molar refractivity (Wildman–Crippen MR) is 142 cm³/mol. The maximum absolute atomic E-state index is 13.1. The molecule has 1 rings (SSSR count). The van der Waals surface area contributed by atoms with Crippen LogP contribution < -0.4 is 27.4 Å². The van der Waals surface area contributed by atoms with Crippen molar-refractivity contribution in [1.29, 1.82) is 0 Å². The first-order valence-electron chi connectivity index (χ1n) is 12.6. The fourth-order valence-electron chi connectivity index (χ4n) is 3.56. The Hall–Kier alpha value is -3.63. The highest BCUT2D eigenvalue weighted by atomic mass is 16.5. The van der Waals surface area contributed by atoms with Gasteiger partial charge in [-0.15, -0.1) is 0 Å². The molecule has 7 N–H and O–H groups in total. The van der Waals surface area contributed by atoms with E-state index in [2.05, 4.69) is 20.9 Å². The van der Waals surface area contributed by atoms with Crippen LogP contribution in [0.15, 0.2) is 35.3 Å². The quantitative estimate of drug-likeness (QED) is 0.0954. The molecule has 0 radical (unpaired) electrons. The van der Waals surface area contributed by atoms with E-state index in [9.17, 15) is 19.2 Å². The lowest BCUT2D eigenvalue weighted by molar-refractivity contribution is -0.131. The predicted octanol–water partition coefficient (Wildman–Crippen LogP) is 1.60. The minimum atomic E-state index is -0.896. The van der Waals surface area contributed by atoms with E-state index >= 15 is 0 Å². The molecule has 0 bridgehead atoms. The van der Waals surface area contributed by atoms with Crippen molar-refractivity contribution in [3.63, 3.8) is 0 Å². The first kappa shape index (κ1) is 31.4. The van der Waals surface area contributed by atoms with Crippen LogP contribution in [0.1, 0.15) is 58.9 Å². The van der Waals surface area contributed by atoms with Gasteiger partial charge in [0.25, 0.3) is 0 Å². The second kappa shape index (κ2) is 16.9. The highest BCUT2D eigenvalue weighted by Gasteiger charge is 2.29. The molecule has 0 spiro atoms. The molecule has 1 aromatic carbocycles. The number of aldehydes is 1. The molecule has 0 aliphatic heterocycles. The zero-order valence-electron chi connectivity index (χ0n) is 22.2. The fraction of sp³-hybridized carbons (Fsp3) is 0.577. The van der Waals surface area contributed by atoms with E-state index in [1.165, 1.54) is 0 Å². The molecule has 0 aliphatic carbocycles. The molecule has 1 aromatic rings. The van der Waals surface area contributed by atoms with E-state index in [-0.39, 0.29) is 24.4 Å². The average Bonchev–Trinajstić information content (AvgIpc) is 2.83. The Kier molecular flexibility index (Phi) is 14.4. The van der Waals surface area contributed by atoms with Crippen molar-refractivity contribution in [1.82, 2.24) is 16.0 Å². The highest BCUT2D eigenvalue weighted by Crippen LogP contribution is 2.10. The molecule has 11 heteroatoms. The number of alkyl carbamates (subject to hydrolysis) is 1. The second-order valence-corrected chi connectivity index (χ2v) is 9.78. The normalized spacial score (nSPS) is 13.2. The number of guanidine groups is 1. The summed E-state index contributed by atoms with van der Waals surface area (Å²) in [5.41, 5.74) is 11.4. The van der Waals surface area contributed by atoms with Gasteiger partial charge in [0, 0.05) is 6.54 Å². The van der Waals surface area contributed by atoms with E-state index in [4.69, 9.17) is 16.2 Å². The summed E-state index contributed by atoms with van der Waals surface area (Å²) in [6.45, 7) is 8.08. The van der Waals surface area contributed by atoms with E-state index in [0.29, 0.717) is 38.5 Å². The minimum Gasteiger partial charge on any atom is -0.445 e. The molecule has 0 saturated carbocycles. The van der Waals surface area contributed by atoms with Crippen molar-refractivity contribution in [2.75, 3.05) is 6.54 Å². The van der Waals surface area contributed by atoms with Crippen molar-refractivity contribution >= 4 is 30.2 Å². The van der Waals surface area contributed by atoms with Gasteiger partial charge in [0.05, 0.1) is 6.04 Å². The van der Waals surface area contributed by atoms with Gasteiger partial charge >= 0.3 is 6.09 Å². The molecule has 11 nitrogen and oxygen atoms in total. The number of rotatable bonds is 16. The first-order valence-corrected chi connectivity index (χ1v) is 12.6. The summed E-state index contributed by atoms with van der Waals surface area (Å²) in [6, 6.07) is 6.67. The molecule has 0 saturated heterocycles. The van der Waals surface area contributed by atoms with Gasteiger partial charge < -0.3 is 36.9 Å². The SMILES string of the molecule is CC(C)C[C@H](NC(=O)OCc1ccccc1)C(=O)N[C@@H](CC(C)C)C(=O)NC(C=O)CCCN=C(N)N. The summed E-state index contributed by atoms with van der Waals surface area (Å²) >= 11 is 0. The molecule has 0 fully saturated rings. The monoisotopic (exact) mass is 518 g/mol. The number of carbonyl (C=O) groups is 4. The van der Waals surface area contributed by atoms with Crippen LogP contribution in [0.3, 0.4) is 0 Å². The topological polar surface area (TPSA) is 178 Å². The van der Waals surface area contributed by atoms with Crippen LogP contribution in [0.25, 0.3) is 0 Å². The van der Waals surface area contributed by atoms with Crippen molar-refractivity contribution in [2.24, 2.45) is 28.3 Å². The Labute approximate surface area is 219 Å². The lowest BCUT2D eigenvalue weighted by atomic mass is 10.00. The van der Waals surface area contributed by atoms with Crippen LogP contribution in [0, 0.1) is 11.8 Å². The summed E-state index contributed by atoms with van der Waals surface area (Å²) in [7, 11) is 0. The number of carbonyl (C=O) groups excluding carboxylic acids is 4. The van der Waals surface area contributed by atoms with Crippen LogP contribution in [-0.2, 0) is 25.7 Å². The largest absolute Gasteiger partial charge is 0.445 e. The molecule has 1 unspecified atom stereocenters. The van der Waals surface area contributed by atoms with Crippen LogP contribution >= 0.6 is 0 Å². The summed E-state index contributed by atoms with van der Waals surface area (Å²) < 4.78 is 5.26. The molecule has 3 atom stereocenters. The molecule has 206 valence electrons. The Bertz CT molecular complexity index is 887. The molecule has 0 aliphatic rings. The lowest BCUT2D eigenvalue weighted by Gasteiger charge is -2.26. The fourth-order valence-corrected chi connectivity index (χ4v) is 3.56. The third kappa shape index (κ3) is 13.9. The van der Waals surface area contributed by atoms with E-state index in [1.807, 2.05) is 58.0 Å². The van der Waals surface area contributed by atoms with Crippen LogP contribution in [0.4, 0.5) is 4.79 Å². The van der Waals surface area contributed by atoms with Crippen molar-refractivity contribution in [2.45, 2.75) is 78.1 Å². The van der Waals surface area contributed by atoms with Gasteiger partial charge in [-0.3, -0.25) is 14.6 Å². The van der Waals surface area contributed by atoms with Crippen molar-refractivity contribution in [3.8, 4) is 0 Å². The Morgan fingerprint density at radius 2 is 1.49 bits per heavy atom. The maximum atomic E-state index is 13.1. The highest BCUT2D eigenvalue weighted by molar-refractivity contribution is 5.92. The number of nitrogens with one attached hydrogen (secondary N) is 3. The van der Waals surface area contributed by atoms with Crippen molar-refractivity contribution < 1.29 is 23.9 Å². The number of nitrogens with zero attached hydrogens (tertiary/aromatic N) is 1. The van der Waals surface area contributed by atoms with Gasteiger partial charge in [-0.2, -0.15) is 0 Å². The summed E-state index contributed by atoms with van der Waals surface area (Å²) in [5, 5.41) is 8.05. The standard InChI is InChI=1S/C26H42N6O5/c1-17(2)13-21(23(34)30-20(15-33)11-8-12-29-25(27)28)31-24(35)22(14-18(3)4)32-26(36)37-16-19-9-6-5-7-10-19/h5-7,9-10,15,17-18,20-22H,8,11-14,16H2,1-4H3,(H,30,34)(H,31,35)(H,32,36)(H4,27,28,29)/t20?,21-,22-/m0/s1. The number of ether oxygens (including phenoxy) is 1. The number of aliphatic imine (C=N–C) groups is 1. The van der Waals surface area contributed by atoms with Gasteiger partial charge in [0.15, 0.2) is 5.96 Å². The van der Waals surface area contributed by atoms with Gasteiger partial charge in [0.2, 0.25) is 11.8 Å². The molecule has 3 amide bonds. The van der Waals surface area contributed by atoms with Gasteiger partial charge in [-0.1, -0.05) is 58.0 Å². The third-order valence-electron chi connectivity index (χ3n) is 5.33. The van der Waals surface area contributed by atoms with Crippen molar-refractivity contribution in [3.05, 3.63) is 35.9 Å². The zero-order valence-corrected chi connectivity index (χ0v) is 22.2.